The summed E-state index contributed by atoms with van der Waals surface area (Å²) >= 11 is 16.0. The average molecular weight is 1480 g/mol. The molecule has 10 rings (SSSR count). The van der Waals surface area contributed by atoms with Gasteiger partial charge in [-0.2, -0.15) is 26.8 Å². The number of hydrogen-bond acceptors (Lipinski definition) is 18. The van der Waals surface area contributed by atoms with Gasteiger partial charge in [0, 0.05) is 40.5 Å². The van der Waals surface area contributed by atoms with Crippen LogP contribution in [0.2, 0.25) is 23.4 Å². The number of pyridine rings is 2. The summed E-state index contributed by atoms with van der Waals surface area (Å²) in [4.78, 5) is 53.4. The van der Waals surface area contributed by atoms with Gasteiger partial charge >= 0.3 is 151 Å². The third-order valence-corrected chi connectivity index (χ3v) is 32.7. The first-order valence-corrected chi connectivity index (χ1v) is 40.4. The second-order valence-corrected chi connectivity index (χ2v) is 37.5. The predicted octanol–water partition coefficient (Wildman–Crippen LogP) is 14.7. The van der Waals surface area contributed by atoms with E-state index in [9.17, 15) is 9.59 Å². The van der Waals surface area contributed by atoms with Crippen molar-refractivity contribution in [2.75, 3.05) is 22.1 Å². The van der Waals surface area contributed by atoms with E-state index in [0.29, 0.717) is 36.9 Å². The van der Waals surface area contributed by atoms with Crippen LogP contribution in [0, 0.1) is 13.8 Å². The molecule has 26 heteroatoms. The van der Waals surface area contributed by atoms with Gasteiger partial charge in [0.15, 0.2) is 0 Å². The maximum atomic E-state index is 13.7. The number of hydrogen-bond donors (Lipinski definition) is 4. The molecule has 0 spiro atoms. The van der Waals surface area contributed by atoms with Crippen LogP contribution in [-0.2, 0) is 23.1 Å². The van der Waals surface area contributed by atoms with E-state index >= 15 is 0 Å². The Bertz CT molecular complexity index is 4100. The maximum Gasteiger partial charge on any atom is 0.335 e. The molecule has 0 fully saturated rings. The zero-order valence-corrected chi connectivity index (χ0v) is 58.9. The predicted molar refractivity (Wildman–Crippen MR) is 369 cm³/mol. The van der Waals surface area contributed by atoms with E-state index in [-0.39, 0.29) is 35.1 Å². The van der Waals surface area contributed by atoms with Crippen LogP contribution in [0.4, 0.5) is 23.5 Å². The first-order valence-electron chi connectivity index (χ1n) is 28.3. The van der Waals surface area contributed by atoms with Gasteiger partial charge in [0.05, 0.1) is 53.6 Å². The Labute approximate surface area is 549 Å². The third kappa shape index (κ3) is 18.5. The minimum atomic E-state index is -2.18. The van der Waals surface area contributed by atoms with Crippen molar-refractivity contribution in [3.8, 4) is 22.6 Å². The average Bonchev–Trinajstić information content (AvgIpc) is 1.17. The van der Waals surface area contributed by atoms with E-state index in [2.05, 4.69) is 84.6 Å². The van der Waals surface area contributed by atoms with Crippen molar-refractivity contribution in [1.29, 1.82) is 0 Å². The molecule has 6 aromatic heterocycles. The molecule has 88 heavy (non-hydrogen) atoms. The molecule has 2 atom stereocenters. The van der Waals surface area contributed by atoms with Crippen LogP contribution in [0.5, 0.6) is 0 Å². The topological polar surface area (TPSA) is 266 Å². The molecule has 0 saturated carbocycles. The van der Waals surface area contributed by atoms with Crippen molar-refractivity contribution in [3.05, 3.63) is 189 Å². The van der Waals surface area contributed by atoms with Crippen molar-refractivity contribution < 1.29 is 16.8 Å². The Balaban J connectivity index is 0.000000208. The molecule has 0 radical (unpaired) electrons. The zero-order valence-electron chi connectivity index (χ0n) is 49.7. The van der Waals surface area contributed by atoms with Crippen LogP contribution in [0.15, 0.2) is 146 Å². The minimum Gasteiger partial charge on any atom is -0.368 e. The molecule has 0 aliphatic rings. The Morgan fingerprint density at radius 3 is 1.43 bits per heavy atom. The number of nitrogens with zero attached hydrogens (tertiary/aromatic N) is 8. The number of halogens is 3. The van der Waals surface area contributed by atoms with E-state index in [1.807, 2.05) is 135 Å². The SMILES string of the molecule is CCC[CH2][Sn]([CH2]CCC)([CH2]CCC)[c]1csc(C)n1.C[C@H](Nc1nc(N)ncc1Br)c1cc2cccc(Cl)c2c(=O)n1-c1ccccc1.Cc1nc(-c2cnc(N)nc2N[C@@H](C)c2cc3cccc(Cl)c3c(=O)n2-c2ccccc2)cs1.O=S=O.O=S=O. The summed E-state index contributed by atoms with van der Waals surface area (Å²) in [5.74, 6) is 1.40. The fraction of sp³-hybridized carbons (Fsp3) is 0.290. The molecule has 4 aromatic carbocycles. The van der Waals surface area contributed by atoms with E-state index in [0.717, 1.165) is 49.8 Å². The quantitative estimate of drug-likeness (QED) is 0.0548. The summed E-state index contributed by atoms with van der Waals surface area (Å²) in [6.45, 7) is 15.0. The summed E-state index contributed by atoms with van der Waals surface area (Å²) < 4.78 is 43.4. The molecular formula is C62H69BrCl2N12O6S4Sn. The van der Waals surface area contributed by atoms with Crippen molar-refractivity contribution in [1.82, 2.24) is 39.0 Å². The first kappa shape index (κ1) is 70.5. The molecule has 0 saturated heterocycles. The largest absolute Gasteiger partial charge is 0.368 e. The molecule has 0 aliphatic heterocycles. The second kappa shape index (κ2) is 35.0. The Kier molecular flexibility index (Phi) is 28.0. The summed E-state index contributed by atoms with van der Waals surface area (Å²) in [5, 5.41) is 16.7. The second-order valence-electron chi connectivity index (χ2n) is 20.4. The number of para-hydroxylation sites is 2. The molecule has 0 bridgehead atoms. The Hall–Kier alpha value is -6.58. The van der Waals surface area contributed by atoms with E-state index in [1.165, 1.54) is 56.8 Å². The number of nitrogens with one attached hydrogen (secondary N) is 2. The number of unbranched alkanes of at least 4 members (excludes halogenated alkanes) is 3. The number of benzene rings is 4. The fourth-order valence-corrected chi connectivity index (χ4v) is 29.5. The standard InChI is InChI=1S/C25H21ClN6OS.C21H17BrClN5O.C4H4NS.3C4H9.2O2S.Sn/c1-14(29-23-18(12-28-25(27)31-23)20-13-34-15(2)30-20)21-11-16-7-6-10-19(26)22(16)24(33)32(21)17-8-4-3-5-9-17;1-12(26-19-15(22)11-25-21(24)27-19)17-10-13-6-5-9-16(23)18(13)20(29)28(17)14-7-3-2-4-8-14;1-4-5-2-3-6-4;3*1-3-4-2;2*1-3-2;/h3-14H,1-2H3,(H3,27,28,29,31);2-12H,1H3,(H3,24,25,26,27);3H,1H3;3*1,3-4H2,2H3;;;/t14-;12-;;;;;;;/m00......./s1. The Morgan fingerprint density at radius 2 is 1.01 bits per heavy atom. The maximum absolute atomic E-state index is 13.7. The molecule has 6 heterocycles. The van der Waals surface area contributed by atoms with Gasteiger partial charge < -0.3 is 22.1 Å². The van der Waals surface area contributed by atoms with Crippen molar-refractivity contribution >= 4 is 152 Å². The molecule has 18 nitrogen and oxygen atoms in total. The van der Waals surface area contributed by atoms with Crippen molar-refractivity contribution in [3.63, 3.8) is 0 Å². The van der Waals surface area contributed by atoms with Gasteiger partial charge in [0.25, 0.3) is 11.1 Å². The van der Waals surface area contributed by atoms with E-state index in [1.54, 1.807) is 48.7 Å². The van der Waals surface area contributed by atoms with E-state index in [4.69, 9.17) is 56.5 Å². The van der Waals surface area contributed by atoms with Gasteiger partial charge in [0.1, 0.15) is 11.6 Å². The summed E-state index contributed by atoms with van der Waals surface area (Å²) in [7, 11) is 0. The Morgan fingerprint density at radius 1 is 0.591 bits per heavy atom. The number of aromatic nitrogens is 8. The number of anilines is 4. The number of nitrogen functional groups attached to an aromatic ring is 2. The number of fused-ring (bicyclic) bond motifs is 2. The normalized spacial score (nSPS) is 11.5. The summed E-state index contributed by atoms with van der Waals surface area (Å²) in [6.07, 6.45) is 11.6. The molecular weight excluding hydrogens is 1410 g/mol. The smallest absolute Gasteiger partial charge is 0.335 e. The molecule has 0 aliphatic carbocycles. The van der Waals surface area contributed by atoms with Crippen LogP contribution in [0.3, 0.4) is 0 Å². The number of aryl methyl sites for hydroxylation is 2. The molecule has 6 N–H and O–H groups in total. The molecule has 462 valence electrons. The zero-order chi connectivity index (χ0) is 63.9. The minimum absolute atomic E-state index is 0.149. The molecule has 0 unspecified atom stereocenters. The van der Waals surface area contributed by atoms with Crippen LogP contribution in [0.1, 0.15) is 107 Å². The third-order valence-electron chi connectivity index (χ3n) is 14.3. The number of nitrogens with two attached hydrogens (primary N) is 2. The van der Waals surface area contributed by atoms with Crippen LogP contribution in [0.25, 0.3) is 44.2 Å². The van der Waals surface area contributed by atoms with Gasteiger partial charge in [-0.3, -0.25) is 18.7 Å². The van der Waals surface area contributed by atoms with Crippen LogP contribution >= 0.6 is 61.8 Å². The van der Waals surface area contributed by atoms with Gasteiger partial charge in [-0.25, -0.2) is 15.0 Å². The monoisotopic (exact) mass is 1470 g/mol. The number of thiazole rings is 2. The van der Waals surface area contributed by atoms with Crippen LogP contribution in [-0.4, -0.2) is 74.3 Å². The van der Waals surface area contributed by atoms with Crippen LogP contribution < -0.4 is 36.9 Å². The van der Waals surface area contributed by atoms with Gasteiger partial charge in [-0.1, -0.05) is 83.9 Å². The fourth-order valence-electron chi connectivity index (χ4n) is 10.1. The molecule has 0 amide bonds. The molecule has 10 aromatic rings. The van der Waals surface area contributed by atoms with Gasteiger partial charge in [0.2, 0.25) is 11.9 Å². The first-order chi connectivity index (χ1) is 42.4. The summed E-state index contributed by atoms with van der Waals surface area (Å²) in [5.41, 5.74) is 15.8. The van der Waals surface area contributed by atoms with Crippen molar-refractivity contribution in [2.24, 2.45) is 0 Å². The van der Waals surface area contributed by atoms with Gasteiger partial charge in [-0.15, -0.1) is 11.3 Å². The van der Waals surface area contributed by atoms with Gasteiger partial charge in [-0.05, 0) is 96.0 Å². The van der Waals surface area contributed by atoms with Crippen molar-refractivity contribution in [2.45, 2.75) is 112 Å². The summed E-state index contributed by atoms with van der Waals surface area (Å²) in [6, 6.07) is 33.2. The van der Waals surface area contributed by atoms with E-state index < -0.39 is 41.5 Å². The number of rotatable bonds is 19.